The summed E-state index contributed by atoms with van der Waals surface area (Å²) in [4.78, 5) is 44.8. The van der Waals surface area contributed by atoms with E-state index in [1.165, 1.54) is 11.6 Å². The molecule has 0 saturated heterocycles. The van der Waals surface area contributed by atoms with Gasteiger partial charge in [-0.15, -0.1) is 11.3 Å². The van der Waals surface area contributed by atoms with Gasteiger partial charge in [-0.1, -0.05) is 0 Å². The first-order valence-electron chi connectivity index (χ1n) is 8.28. The van der Waals surface area contributed by atoms with E-state index in [-0.39, 0.29) is 5.91 Å². The van der Waals surface area contributed by atoms with Crippen molar-refractivity contribution < 1.29 is 4.79 Å². The number of aromatic amines is 1. The van der Waals surface area contributed by atoms with Crippen molar-refractivity contribution in [1.29, 1.82) is 0 Å². The van der Waals surface area contributed by atoms with E-state index < -0.39 is 11.2 Å². The lowest BCUT2D eigenvalue weighted by Gasteiger charge is -2.04. The van der Waals surface area contributed by atoms with Gasteiger partial charge in [0.15, 0.2) is 5.65 Å². The van der Waals surface area contributed by atoms with Crippen LogP contribution in [0.15, 0.2) is 15.0 Å². The van der Waals surface area contributed by atoms with Crippen LogP contribution in [-0.4, -0.2) is 31.6 Å². The summed E-state index contributed by atoms with van der Waals surface area (Å²) >= 11 is 1.57. The van der Waals surface area contributed by atoms with Crippen LogP contribution >= 0.6 is 11.3 Å². The molecule has 0 fully saturated rings. The van der Waals surface area contributed by atoms with E-state index in [0.717, 1.165) is 20.6 Å². The van der Waals surface area contributed by atoms with Crippen LogP contribution < -0.4 is 16.6 Å². The minimum atomic E-state index is -0.408. The molecular formula is C17H21N5O3S. The standard InChI is InChI=1S/C17H21N5O3S/c1-9-10(2)26-8-11(9)15(23)18-7-5-6-12-19-13-14(20-12)21(3)17(25)22(4)16(13)24/h8H,5-7H2,1-4H3,(H,18,23)(H,19,20). The van der Waals surface area contributed by atoms with Crippen LogP contribution in [0.3, 0.4) is 0 Å². The van der Waals surface area contributed by atoms with Crippen molar-refractivity contribution in [3.8, 4) is 0 Å². The average molecular weight is 375 g/mol. The van der Waals surface area contributed by atoms with E-state index in [4.69, 9.17) is 0 Å². The molecule has 0 spiro atoms. The fraction of sp³-hybridized carbons (Fsp3) is 0.412. The number of imidazole rings is 1. The number of aryl methyl sites for hydroxylation is 3. The molecule has 0 atom stereocenters. The molecule has 0 saturated carbocycles. The van der Waals surface area contributed by atoms with E-state index in [1.54, 1.807) is 18.4 Å². The first-order chi connectivity index (χ1) is 12.3. The third-order valence-electron chi connectivity index (χ3n) is 4.55. The molecule has 0 aromatic carbocycles. The number of thiophene rings is 1. The van der Waals surface area contributed by atoms with Crippen molar-refractivity contribution in [1.82, 2.24) is 24.4 Å². The average Bonchev–Trinajstić information content (AvgIpc) is 3.19. The van der Waals surface area contributed by atoms with Crippen molar-refractivity contribution in [3.05, 3.63) is 48.0 Å². The molecule has 2 N–H and O–H groups in total. The highest BCUT2D eigenvalue weighted by molar-refractivity contribution is 7.10. The summed E-state index contributed by atoms with van der Waals surface area (Å²) in [7, 11) is 3.02. The van der Waals surface area contributed by atoms with Crippen LogP contribution in [0.2, 0.25) is 0 Å². The number of H-pyrrole nitrogens is 1. The molecule has 3 rings (SSSR count). The molecule has 3 aromatic heterocycles. The van der Waals surface area contributed by atoms with Gasteiger partial charge in [0.05, 0.1) is 5.56 Å². The first kappa shape index (κ1) is 18.1. The molecule has 0 unspecified atom stereocenters. The Balaban J connectivity index is 1.66. The predicted molar refractivity (Wildman–Crippen MR) is 101 cm³/mol. The summed E-state index contributed by atoms with van der Waals surface area (Å²) < 4.78 is 2.40. The highest BCUT2D eigenvalue weighted by atomic mass is 32.1. The molecule has 138 valence electrons. The van der Waals surface area contributed by atoms with Gasteiger partial charge in [0.1, 0.15) is 11.3 Å². The molecule has 8 nitrogen and oxygen atoms in total. The Bertz CT molecular complexity index is 1100. The molecule has 3 aromatic rings. The van der Waals surface area contributed by atoms with Crippen molar-refractivity contribution in [2.45, 2.75) is 26.7 Å². The Morgan fingerprint density at radius 3 is 2.65 bits per heavy atom. The van der Waals surface area contributed by atoms with Gasteiger partial charge in [-0.2, -0.15) is 0 Å². The number of rotatable bonds is 5. The van der Waals surface area contributed by atoms with Gasteiger partial charge in [-0.25, -0.2) is 9.78 Å². The summed E-state index contributed by atoms with van der Waals surface area (Å²) in [6.07, 6.45) is 1.23. The van der Waals surface area contributed by atoms with E-state index in [2.05, 4.69) is 15.3 Å². The number of nitrogens with one attached hydrogen (secondary N) is 2. The molecule has 9 heteroatoms. The zero-order valence-electron chi connectivity index (χ0n) is 15.2. The highest BCUT2D eigenvalue weighted by Gasteiger charge is 2.14. The van der Waals surface area contributed by atoms with Gasteiger partial charge < -0.3 is 10.3 Å². The maximum atomic E-state index is 12.2. The Morgan fingerprint density at radius 2 is 2.00 bits per heavy atom. The van der Waals surface area contributed by atoms with Gasteiger partial charge in [-0.05, 0) is 25.8 Å². The Labute approximate surface area is 153 Å². The van der Waals surface area contributed by atoms with Crippen LogP contribution in [0.1, 0.15) is 33.0 Å². The van der Waals surface area contributed by atoms with Crippen molar-refractivity contribution >= 4 is 28.4 Å². The maximum Gasteiger partial charge on any atom is 0.332 e. The SMILES string of the molecule is Cc1scc(C(=O)NCCCc2nc3c([nH]2)c(=O)n(C)c(=O)n3C)c1C. The number of aromatic nitrogens is 4. The Morgan fingerprint density at radius 1 is 1.27 bits per heavy atom. The Hall–Kier alpha value is -2.68. The predicted octanol–water partition coefficient (Wildman–Crippen LogP) is 1.00. The molecule has 0 aliphatic rings. The first-order valence-corrected chi connectivity index (χ1v) is 9.16. The van der Waals surface area contributed by atoms with Gasteiger partial charge in [-0.3, -0.25) is 18.7 Å². The van der Waals surface area contributed by atoms with Crippen LogP contribution in [0.4, 0.5) is 0 Å². The summed E-state index contributed by atoms with van der Waals surface area (Å²) in [5, 5.41) is 4.77. The lowest BCUT2D eigenvalue weighted by atomic mass is 10.1. The number of carbonyl (C=O) groups excluding carboxylic acids is 1. The normalized spacial score (nSPS) is 11.2. The number of carbonyl (C=O) groups is 1. The second-order valence-corrected chi connectivity index (χ2v) is 7.36. The van der Waals surface area contributed by atoms with Crippen molar-refractivity contribution in [3.63, 3.8) is 0 Å². The van der Waals surface area contributed by atoms with Crippen LogP contribution in [0.5, 0.6) is 0 Å². The smallest absolute Gasteiger partial charge is 0.332 e. The van der Waals surface area contributed by atoms with Crippen molar-refractivity contribution in [2.75, 3.05) is 6.54 Å². The fourth-order valence-electron chi connectivity index (χ4n) is 2.78. The number of fused-ring (bicyclic) bond motifs is 1. The molecule has 0 radical (unpaired) electrons. The van der Waals surface area contributed by atoms with Gasteiger partial charge in [0, 0.05) is 37.3 Å². The second-order valence-electron chi connectivity index (χ2n) is 6.28. The lowest BCUT2D eigenvalue weighted by Crippen LogP contribution is -2.36. The third kappa shape index (κ3) is 3.10. The van der Waals surface area contributed by atoms with E-state index in [9.17, 15) is 14.4 Å². The van der Waals surface area contributed by atoms with Crippen molar-refractivity contribution in [2.24, 2.45) is 14.1 Å². The van der Waals surface area contributed by atoms with Gasteiger partial charge in [0.2, 0.25) is 0 Å². The van der Waals surface area contributed by atoms with Gasteiger partial charge in [0.25, 0.3) is 11.5 Å². The number of hydrogen-bond donors (Lipinski definition) is 2. The molecule has 3 heterocycles. The summed E-state index contributed by atoms with van der Waals surface area (Å²) in [6.45, 7) is 4.44. The maximum absolute atomic E-state index is 12.2. The van der Waals surface area contributed by atoms with Crippen LogP contribution in [0.25, 0.3) is 11.2 Å². The minimum absolute atomic E-state index is 0.0762. The summed E-state index contributed by atoms with van der Waals surface area (Å²) in [5.74, 6) is 0.544. The highest BCUT2D eigenvalue weighted by Crippen LogP contribution is 2.20. The van der Waals surface area contributed by atoms with Gasteiger partial charge >= 0.3 is 5.69 Å². The van der Waals surface area contributed by atoms with E-state index >= 15 is 0 Å². The second kappa shape index (κ2) is 6.91. The fourth-order valence-corrected chi connectivity index (χ4v) is 3.65. The number of nitrogens with zero attached hydrogens (tertiary/aromatic N) is 3. The molecule has 0 aliphatic carbocycles. The molecule has 0 bridgehead atoms. The number of amides is 1. The monoisotopic (exact) mass is 375 g/mol. The topological polar surface area (TPSA) is 102 Å². The molecule has 1 amide bonds. The van der Waals surface area contributed by atoms with Crippen LogP contribution in [-0.2, 0) is 20.5 Å². The molecule has 26 heavy (non-hydrogen) atoms. The van der Waals surface area contributed by atoms with E-state index in [0.29, 0.717) is 36.4 Å². The zero-order chi connectivity index (χ0) is 19.0. The number of hydrogen-bond acceptors (Lipinski definition) is 5. The molecule has 0 aliphatic heterocycles. The van der Waals surface area contributed by atoms with Crippen LogP contribution in [0, 0.1) is 13.8 Å². The lowest BCUT2D eigenvalue weighted by molar-refractivity contribution is 0.0953. The molecular weight excluding hydrogens is 354 g/mol. The Kier molecular flexibility index (Phi) is 4.82. The quantitative estimate of drug-likeness (QED) is 0.650. The zero-order valence-corrected chi connectivity index (χ0v) is 16.0. The summed E-state index contributed by atoms with van der Waals surface area (Å²) in [6, 6.07) is 0. The summed E-state index contributed by atoms with van der Waals surface area (Å²) in [5.41, 5.74) is 1.60. The minimum Gasteiger partial charge on any atom is -0.352 e. The third-order valence-corrected chi connectivity index (χ3v) is 5.56. The van der Waals surface area contributed by atoms with E-state index in [1.807, 2.05) is 19.2 Å². The largest absolute Gasteiger partial charge is 0.352 e.